The monoisotopic (exact) mass is 295 g/mol. The summed E-state index contributed by atoms with van der Waals surface area (Å²) < 4.78 is 5.33. The van der Waals surface area contributed by atoms with Crippen molar-refractivity contribution in [3.8, 4) is 5.75 Å². The van der Waals surface area contributed by atoms with Crippen LogP contribution in [-0.4, -0.2) is 36.8 Å². The molecule has 1 saturated heterocycles. The van der Waals surface area contributed by atoms with Gasteiger partial charge in [0.2, 0.25) is 0 Å². The molecule has 2 N–H and O–H groups in total. The van der Waals surface area contributed by atoms with E-state index in [1.165, 1.54) is 24.3 Å². The molecule has 0 spiro atoms. The lowest BCUT2D eigenvalue weighted by atomic mass is 10.0. The standard InChI is InChI=1S/C16H25NO2S/c1-12-3-4-16(19-2)14(9-12)15(18)11-17-10-13-5-7-20-8-6-13/h3-4,9,13,15,17-18H,5-8,10-11H2,1-2H3. The summed E-state index contributed by atoms with van der Waals surface area (Å²) in [4.78, 5) is 0. The summed E-state index contributed by atoms with van der Waals surface area (Å²) in [5.41, 5.74) is 2.02. The first-order chi connectivity index (χ1) is 9.70. The van der Waals surface area contributed by atoms with Crippen LogP contribution in [0.15, 0.2) is 18.2 Å². The summed E-state index contributed by atoms with van der Waals surface area (Å²) >= 11 is 2.05. The third-order valence-electron chi connectivity index (χ3n) is 3.86. The Hall–Kier alpha value is -0.710. The van der Waals surface area contributed by atoms with Gasteiger partial charge in [0.15, 0.2) is 0 Å². The number of methoxy groups -OCH3 is 1. The summed E-state index contributed by atoms with van der Waals surface area (Å²) in [6.45, 7) is 3.62. The average molecular weight is 295 g/mol. The maximum atomic E-state index is 10.3. The number of aliphatic hydroxyl groups excluding tert-OH is 1. The van der Waals surface area contributed by atoms with E-state index in [1.54, 1.807) is 7.11 Å². The van der Waals surface area contributed by atoms with Gasteiger partial charge in [-0.2, -0.15) is 11.8 Å². The van der Waals surface area contributed by atoms with Crippen LogP contribution in [-0.2, 0) is 0 Å². The van der Waals surface area contributed by atoms with E-state index in [2.05, 4.69) is 5.32 Å². The first-order valence-corrected chi connectivity index (χ1v) is 8.47. The van der Waals surface area contributed by atoms with Crippen LogP contribution in [0.4, 0.5) is 0 Å². The molecule has 0 amide bonds. The van der Waals surface area contributed by atoms with E-state index in [1.807, 2.05) is 36.9 Å². The van der Waals surface area contributed by atoms with E-state index in [0.717, 1.165) is 29.3 Å². The molecule has 2 rings (SSSR count). The van der Waals surface area contributed by atoms with Crippen LogP contribution < -0.4 is 10.1 Å². The molecular weight excluding hydrogens is 270 g/mol. The second-order valence-corrected chi connectivity index (χ2v) is 6.70. The largest absolute Gasteiger partial charge is 0.496 e. The topological polar surface area (TPSA) is 41.5 Å². The lowest BCUT2D eigenvalue weighted by Crippen LogP contribution is -2.29. The van der Waals surface area contributed by atoms with Crippen molar-refractivity contribution in [2.45, 2.75) is 25.9 Å². The van der Waals surface area contributed by atoms with Gasteiger partial charge in [0, 0.05) is 12.1 Å². The molecule has 112 valence electrons. The van der Waals surface area contributed by atoms with Gasteiger partial charge in [-0.15, -0.1) is 0 Å². The Morgan fingerprint density at radius 1 is 1.40 bits per heavy atom. The lowest BCUT2D eigenvalue weighted by Gasteiger charge is -2.23. The number of aryl methyl sites for hydroxylation is 1. The Kier molecular flexibility index (Phi) is 6.20. The Balaban J connectivity index is 1.84. The predicted molar refractivity (Wildman–Crippen MR) is 85.6 cm³/mol. The molecule has 1 unspecified atom stereocenters. The molecule has 1 heterocycles. The molecular formula is C16H25NO2S. The third kappa shape index (κ3) is 4.40. The van der Waals surface area contributed by atoms with Crippen molar-refractivity contribution in [2.24, 2.45) is 5.92 Å². The van der Waals surface area contributed by atoms with E-state index in [-0.39, 0.29) is 0 Å². The molecule has 20 heavy (non-hydrogen) atoms. The Morgan fingerprint density at radius 3 is 2.85 bits per heavy atom. The molecule has 0 bridgehead atoms. The lowest BCUT2D eigenvalue weighted by molar-refractivity contribution is 0.168. The number of rotatable bonds is 6. The zero-order chi connectivity index (χ0) is 14.4. The van der Waals surface area contributed by atoms with E-state index >= 15 is 0 Å². The number of aliphatic hydroxyl groups is 1. The van der Waals surface area contributed by atoms with Crippen molar-refractivity contribution in [1.29, 1.82) is 0 Å². The number of nitrogens with one attached hydrogen (secondary N) is 1. The number of benzene rings is 1. The molecule has 0 saturated carbocycles. The van der Waals surface area contributed by atoms with Gasteiger partial charge in [-0.1, -0.05) is 11.6 Å². The maximum Gasteiger partial charge on any atom is 0.124 e. The molecule has 1 aromatic carbocycles. The minimum absolute atomic E-state index is 0.511. The van der Waals surface area contributed by atoms with Crippen LogP contribution >= 0.6 is 11.8 Å². The summed E-state index contributed by atoms with van der Waals surface area (Å²) in [5.74, 6) is 4.09. The molecule has 0 aromatic heterocycles. The molecule has 1 aromatic rings. The van der Waals surface area contributed by atoms with Crippen molar-refractivity contribution in [3.05, 3.63) is 29.3 Å². The van der Waals surface area contributed by atoms with Crippen molar-refractivity contribution >= 4 is 11.8 Å². The van der Waals surface area contributed by atoms with Crippen molar-refractivity contribution in [2.75, 3.05) is 31.7 Å². The van der Waals surface area contributed by atoms with Crippen LogP contribution in [0.1, 0.15) is 30.1 Å². The normalized spacial score (nSPS) is 17.9. The number of hydrogen-bond donors (Lipinski definition) is 2. The molecule has 3 nitrogen and oxygen atoms in total. The van der Waals surface area contributed by atoms with Gasteiger partial charge in [0.1, 0.15) is 5.75 Å². The van der Waals surface area contributed by atoms with Gasteiger partial charge in [0.25, 0.3) is 0 Å². The van der Waals surface area contributed by atoms with Crippen LogP contribution in [0.3, 0.4) is 0 Å². The summed E-state index contributed by atoms with van der Waals surface area (Å²) in [6.07, 6.45) is 2.08. The van der Waals surface area contributed by atoms with E-state index in [4.69, 9.17) is 4.74 Å². The van der Waals surface area contributed by atoms with Crippen LogP contribution in [0.25, 0.3) is 0 Å². The second kappa shape index (κ2) is 7.91. The number of ether oxygens (including phenoxy) is 1. The third-order valence-corrected chi connectivity index (χ3v) is 4.90. The Bertz CT molecular complexity index is 419. The van der Waals surface area contributed by atoms with Gasteiger partial charge in [-0.3, -0.25) is 0 Å². The highest BCUT2D eigenvalue weighted by Gasteiger charge is 2.16. The highest BCUT2D eigenvalue weighted by molar-refractivity contribution is 7.99. The van der Waals surface area contributed by atoms with E-state index in [9.17, 15) is 5.11 Å². The van der Waals surface area contributed by atoms with Gasteiger partial charge in [0.05, 0.1) is 13.2 Å². The summed E-state index contributed by atoms with van der Waals surface area (Å²) in [7, 11) is 1.65. The molecule has 4 heteroatoms. The van der Waals surface area contributed by atoms with Crippen molar-refractivity contribution in [3.63, 3.8) is 0 Å². The second-order valence-electron chi connectivity index (χ2n) is 5.48. The fraction of sp³-hybridized carbons (Fsp3) is 0.625. The van der Waals surface area contributed by atoms with E-state index in [0.29, 0.717) is 6.54 Å². The fourth-order valence-electron chi connectivity index (χ4n) is 2.60. The summed E-state index contributed by atoms with van der Waals surface area (Å²) in [5, 5.41) is 13.7. The fourth-order valence-corrected chi connectivity index (χ4v) is 3.80. The highest BCUT2D eigenvalue weighted by Crippen LogP contribution is 2.26. The Morgan fingerprint density at radius 2 is 2.15 bits per heavy atom. The number of hydrogen-bond acceptors (Lipinski definition) is 4. The van der Waals surface area contributed by atoms with Crippen LogP contribution in [0.5, 0.6) is 5.75 Å². The van der Waals surface area contributed by atoms with E-state index < -0.39 is 6.10 Å². The van der Waals surface area contributed by atoms with Gasteiger partial charge in [-0.25, -0.2) is 0 Å². The van der Waals surface area contributed by atoms with Crippen LogP contribution in [0, 0.1) is 12.8 Å². The van der Waals surface area contributed by atoms with Crippen molar-refractivity contribution in [1.82, 2.24) is 5.32 Å². The molecule has 1 atom stereocenters. The molecule has 0 radical (unpaired) electrons. The van der Waals surface area contributed by atoms with Gasteiger partial charge >= 0.3 is 0 Å². The summed E-state index contributed by atoms with van der Waals surface area (Å²) in [6, 6.07) is 5.93. The first kappa shape index (κ1) is 15.7. The zero-order valence-corrected chi connectivity index (χ0v) is 13.2. The average Bonchev–Trinajstić information content (AvgIpc) is 2.48. The number of thioether (sulfide) groups is 1. The molecule has 1 fully saturated rings. The smallest absolute Gasteiger partial charge is 0.124 e. The first-order valence-electron chi connectivity index (χ1n) is 7.31. The van der Waals surface area contributed by atoms with Crippen molar-refractivity contribution < 1.29 is 9.84 Å². The molecule has 1 aliphatic rings. The zero-order valence-electron chi connectivity index (χ0n) is 12.4. The quantitative estimate of drug-likeness (QED) is 0.847. The maximum absolute atomic E-state index is 10.3. The highest BCUT2D eigenvalue weighted by atomic mass is 32.2. The SMILES string of the molecule is COc1ccc(C)cc1C(O)CNCC1CCSCC1. The molecule has 0 aliphatic carbocycles. The minimum atomic E-state index is -0.511. The van der Waals surface area contributed by atoms with Gasteiger partial charge < -0.3 is 15.2 Å². The molecule has 1 aliphatic heterocycles. The van der Waals surface area contributed by atoms with Gasteiger partial charge in [-0.05, 0) is 55.9 Å². The Labute approximate surface area is 126 Å². The minimum Gasteiger partial charge on any atom is -0.496 e. The predicted octanol–water partition coefficient (Wildman–Crippen LogP) is 2.77. The van der Waals surface area contributed by atoms with Crippen LogP contribution in [0.2, 0.25) is 0 Å².